The summed E-state index contributed by atoms with van der Waals surface area (Å²) < 4.78 is 0. The molecule has 0 atom stereocenters. The number of thioether (sulfide) groups is 1. The number of nitrogens with zero attached hydrogens (tertiary/aromatic N) is 3. The third kappa shape index (κ3) is 3.18. The molecule has 5 nitrogen and oxygen atoms in total. The first kappa shape index (κ1) is 15.1. The van der Waals surface area contributed by atoms with Gasteiger partial charge in [0.2, 0.25) is 0 Å². The number of anilines is 1. The first-order valence-electron chi connectivity index (χ1n) is 6.84. The summed E-state index contributed by atoms with van der Waals surface area (Å²) in [7, 11) is 0. The minimum atomic E-state index is -1.08. The quantitative estimate of drug-likeness (QED) is 0.930. The lowest BCUT2D eigenvalue weighted by atomic mass is 10.1. The van der Waals surface area contributed by atoms with Crippen molar-refractivity contribution in [2.75, 3.05) is 29.5 Å². The van der Waals surface area contributed by atoms with E-state index in [-0.39, 0.29) is 5.69 Å². The van der Waals surface area contributed by atoms with E-state index in [9.17, 15) is 4.79 Å². The molecule has 22 heavy (non-hydrogen) atoms. The van der Waals surface area contributed by atoms with Crippen molar-refractivity contribution in [3.63, 3.8) is 0 Å². The van der Waals surface area contributed by atoms with Crippen LogP contribution in [0.3, 0.4) is 0 Å². The van der Waals surface area contributed by atoms with Crippen LogP contribution < -0.4 is 4.90 Å². The Labute approximate surface area is 137 Å². The van der Waals surface area contributed by atoms with Gasteiger partial charge in [-0.15, -0.1) is 0 Å². The van der Waals surface area contributed by atoms with Gasteiger partial charge in [-0.25, -0.2) is 14.8 Å². The number of rotatable bonds is 3. The molecule has 1 N–H and O–H groups in total. The molecular formula is C15H14ClN3O2S. The highest BCUT2D eigenvalue weighted by Gasteiger charge is 2.20. The fourth-order valence-corrected chi connectivity index (χ4v) is 3.32. The highest BCUT2D eigenvalue weighted by Crippen LogP contribution is 2.29. The summed E-state index contributed by atoms with van der Waals surface area (Å²) >= 11 is 7.83. The maximum absolute atomic E-state index is 11.2. The molecule has 1 aromatic carbocycles. The van der Waals surface area contributed by atoms with Crippen LogP contribution in [-0.4, -0.2) is 45.6 Å². The van der Waals surface area contributed by atoms with Crippen molar-refractivity contribution in [3.8, 4) is 11.3 Å². The van der Waals surface area contributed by atoms with Crippen LogP contribution in [0.15, 0.2) is 30.5 Å². The van der Waals surface area contributed by atoms with E-state index in [1.807, 2.05) is 23.9 Å². The molecule has 3 rings (SSSR count). The first-order chi connectivity index (χ1) is 10.6. The highest BCUT2D eigenvalue weighted by atomic mass is 35.5. The smallest absolute Gasteiger partial charge is 0.356 e. The number of carboxylic acid groups (broad SMARTS) is 1. The number of aromatic nitrogens is 2. The van der Waals surface area contributed by atoms with E-state index in [0.717, 1.165) is 36.0 Å². The van der Waals surface area contributed by atoms with Crippen LogP contribution in [0.1, 0.15) is 10.5 Å². The third-order valence-electron chi connectivity index (χ3n) is 3.40. The molecule has 1 aliphatic heterocycles. The van der Waals surface area contributed by atoms with Crippen LogP contribution in [0.25, 0.3) is 11.3 Å². The second-order valence-electron chi connectivity index (χ2n) is 4.84. The number of aromatic carboxylic acids is 1. The van der Waals surface area contributed by atoms with Crippen molar-refractivity contribution < 1.29 is 9.90 Å². The molecule has 0 saturated carbocycles. The molecule has 1 aliphatic rings. The Bertz CT molecular complexity index is 688. The number of carbonyl (C=O) groups is 1. The summed E-state index contributed by atoms with van der Waals surface area (Å²) in [6.45, 7) is 1.76. The van der Waals surface area contributed by atoms with Crippen molar-refractivity contribution in [1.29, 1.82) is 0 Å². The molecule has 0 bridgehead atoms. The number of carboxylic acids is 1. The van der Waals surface area contributed by atoms with E-state index in [1.54, 1.807) is 12.1 Å². The molecule has 1 saturated heterocycles. The third-order valence-corrected chi connectivity index (χ3v) is 4.60. The minimum absolute atomic E-state index is 0.0555. The molecule has 0 unspecified atom stereocenters. The van der Waals surface area contributed by atoms with Crippen LogP contribution in [0.5, 0.6) is 0 Å². The zero-order chi connectivity index (χ0) is 15.5. The Balaban J connectivity index is 2.08. The Kier molecular flexibility index (Phi) is 4.49. The van der Waals surface area contributed by atoms with Crippen molar-refractivity contribution >= 4 is 35.1 Å². The van der Waals surface area contributed by atoms with Gasteiger partial charge in [-0.1, -0.05) is 23.7 Å². The van der Waals surface area contributed by atoms with E-state index < -0.39 is 5.97 Å². The van der Waals surface area contributed by atoms with Gasteiger partial charge in [0.15, 0.2) is 11.5 Å². The average molecular weight is 336 g/mol. The molecule has 114 valence electrons. The Hall–Kier alpha value is -1.79. The van der Waals surface area contributed by atoms with Gasteiger partial charge in [-0.05, 0) is 12.1 Å². The maximum atomic E-state index is 11.2. The summed E-state index contributed by atoms with van der Waals surface area (Å²) in [6, 6.07) is 7.20. The number of halogens is 1. The van der Waals surface area contributed by atoms with Crippen LogP contribution in [0.4, 0.5) is 5.82 Å². The van der Waals surface area contributed by atoms with E-state index in [1.165, 1.54) is 6.20 Å². The zero-order valence-corrected chi connectivity index (χ0v) is 13.3. The second-order valence-corrected chi connectivity index (χ2v) is 6.50. The van der Waals surface area contributed by atoms with Crippen molar-refractivity contribution in [2.45, 2.75) is 0 Å². The molecular weight excluding hydrogens is 322 g/mol. The van der Waals surface area contributed by atoms with Crippen molar-refractivity contribution in [2.24, 2.45) is 0 Å². The first-order valence-corrected chi connectivity index (χ1v) is 8.37. The monoisotopic (exact) mass is 335 g/mol. The van der Waals surface area contributed by atoms with E-state index in [0.29, 0.717) is 10.7 Å². The largest absolute Gasteiger partial charge is 0.476 e. The summed E-state index contributed by atoms with van der Waals surface area (Å²) in [6.07, 6.45) is 1.32. The highest BCUT2D eigenvalue weighted by molar-refractivity contribution is 7.99. The van der Waals surface area contributed by atoms with Crippen LogP contribution in [-0.2, 0) is 0 Å². The van der Waals surface area contributed by atoms with Crippen molar-refractivity contribution in [1.82, 2.24) is 9.97 Å². The molecule has 0 radical (unpaired) electrons. The van der Waals surface area contributed by atoms with E-state index >= 15 is 0 Å². The molecule has 0 aliphatic carbocycles. The lowest BCUT2D eigenvalue weighted by molar-refractivity contribution is 0.0690. The van der Waals surface area contributed by atoms with Gasteiger partial charge in [0, 0.05) is 35.2 Å². The van der Waals surface area contributed by atoms with Gasteiger partial charge in [-0.3, -0.25) is 0 Å². The van der Waals surface area contributed by atoms with Crippen LogP contribution in [0.2, 0.25) is 5.02 Å². The number of hydrogen-bond acceptors (Lipinski definition) is 5. The van der Waals surface area contributed by atoms with Gasteiger partial charge in [0.25, 0.3) is 0 Å². The lowest BCUT2D eigenvalue weighted by Gasteiger charge is -2.28. The molecule has 2 heterocycles. The molecule has 1 aromatic heterocycles. The Morgan fingerprint density at radius 3 is 2.55 bits per heavy atom. The van der Waals surface area contributed by atoms with Crippen LogP contribution >= 0.6 is 23.4 Å². The topological polar surface area (TPSA) is 66.3 Å². The molecule has 2 aromatic rings. The van der Waals surface area contributed by atoms with Gasteiger partial charge in [0.05, 0.1) is 6.20 Å². The maximum Gasteiger partial charge on any atom is 0.356 e. The second kappa shape index (κ2) is 6.54. The lowest BCUT2D eigenvalue weighted by Crippen LogP contribution is -2.33. The van der Waals surface area contributed by atoms with E-state index in [2.05, 4.69) is 14.9 Å². The average Bonchev–Trinajstić information content (AvgIpc) is 2.56. The predicted molar refractivity (Wildman–Crippen MR) is 89.0 cm³/mol. The van der Waals surface area contributed by atoms with Gasteiger partial charge in [-0.2, -0.15) is 11.8 Å². The molecule has 1 fully saturated rings. The van der Waals surface area contributed by atoms with Gasteiger partial charge < -0.3 is 10.0 Å². The molecule has 0 amide bonds. The Morgan fingerprint density at radius 1 is 1.23 bits per heavy atom. The van der Waals surface area contributed by atoms with E-state index in [4.69, 9.17) is 16.7 Å². The van der Waals surface area contributed by atoms with Crippen LogP contribution in [0, 0.1) is 0 Å². The minimum Gasteiger partial charge on any atom is -0.476 e. The summed E-state index contributed by atoms with van der Waals surface area (Å²) in [5.74, 6) is 1.71. The van der Waals surface area contributed by atoms with Crippen molar-refractivity contribution in [3.05, 3.63) is 41.2 Å². The summed E-state index contributed by atoms with van der Waals surface area (Å²) in [5, 5.41) is 9.79. The number of benzene rings is 1. The summed E-state index contributed by atoms with van der Waals surface area (Å²) in [4.78, 5) is 22.0. The number of hydrogen-bond donors (Lipinski definition) is 1. The fourth-order valence-electron chi connectivity index (χ4n) is 2.29. The zero-order valence-electron chi connectivity index (χ0n) is 11.7. The van der Waals surface area contributed by atoms with Gasteiger partial charge in [0.1, 0.15) is 5.69 Å². The molecule has 7 heteroatoms. The Morgan fingerprint density at radius 2 is 1.91 bits per heavy atom. The fraction of sp³-hybridized carbons (Fsp3) is 0.267. The normalized spacial score (nSPS) is 14.9. The van der Waals surface area contributed by atoms with Gasteiger partial charge >= 0.3 is 5.97 Å². The summed E-state index contributed by atoms with van der Waals surface area (Å²) in [5.41, 5.74) is 1.34. The standard InChI is InChI=1S/C15H14ClN3O2S/c16-11-3-1-10(2-4-11)13-14(19-5-7-22-8-6-19)17-9-12(18-13)15(20)21/h1-4,9H,5-8H2,(H,20,21). The SMILES string of the molecule is O=C(O)c1cnc(N2CCSCC2)c(-c2ccc(Cl)cc2)n1. The molecule has 0 spiro atoms. The predicted octanol–water partition coefficient (Wildman–Crippen LogP) is 3.05.